The summed E-state index contributed by atoms with van der Waals surface area (Å²) in [5.41, 5.74) is 3.20. The van der Waals surface area contributed by atoms with Gasteiger partial charge < -0.3 is 14.5 Å². The molecule has 7 heteroatoms. The van der Waals surface area contributed by atoms with Gasteiger partial charge in [-0.2, -0.15) is 0 Å². The standard InChI is InChI=1S/C18H17BF2N2O2/c1-11-7-6-8-12(2)16(11)22-17(24)15-13-9-4-5-10-14(13)23(3)18(15)25-19(20)21/h4-10H,1-3H3,(H,22,24). The Balaban J connectivity index is 2.12. The molecule has 0 saturated heterocycles. The van der Waals surface area contributed by atoms with Crippen molar-refractivity contribution in [1.29, 1.82) is 0 Å². The van der Waals surface area contributed by atoms with Gasteiger partial charge in [0.05, 0.1) is 5.52 Å². The predicted molar refractivity (Wildman–Crippen MR) is 95.4 cm³/mol. The molecule has 0 saturated carbocycles. The lowest BCUT2D eigenvalue weighted by Crippen LogP contribution is -2.18. The number of hydrogen-bond donors (Lipinski definition) is 1. The maximum Gasteiger partial charge on any atom is 0.797 e. The second kappa shape index (κ2) is 6.59. The van der Waals surface area contributed by atoms with Gasteiger partial charge in [0, 0.05) is 18.1 Å². The maximum atomic E-state index is 12.9. The van der Waals surface area contributed by atoms with Gasteiger partial charge in [-0.25, -0.2) is 8.63 Å². The minimum Gasteiger partial charge on any atom is -0.491 e. The van der Waals surface area contributed by atoms with Crippen LogP contribution < -0.4 is 9.97 Å². The molecule has 1 heterocycles. The molecular weight excluding hydrogens is 325 g/mol. The van der Waals surface area contributed by atoms with Crippen molar-refractivity contribution >= 4 is 30.0 Å². The summed E-state index contributed by atoms with van der Waals surface area (Å²) in [6.07, 6.45) is 0. The summed E-state index contributed by atoms with van der Waals surface area (Å²) in [5.74, 6) is -0.634. The normalized spacial score (nSPS) is 10.8. The number of hydrogen-bond acceptors (Lipinski definition) is 2. The third kappa shape index (κ3) is 3.09. The number of aromatic nitrogens is 1. The highest BCUT2D eigenvalue weighted by atomic mass is 19.2. The molecule has 0 aliphatic heterocycles. The van der Waals surface area contributed by atoms with Crippen molar-refractivity contribution in [3.63, 3.8) is 0 Å². The number of nitrogens with zero attached hydrogens (tertiary/aromatic N) is 1. The van der Waals surface area contributed by atoms with E-state index in [1.165, 1.54) is 4.57 Å². The summed E-state index contributed by atoms with van der Waals surface area (Å²) < 4.78 is 31.8. The van der Waals surface area contributed by atoms with E-state index in [1.54, 1.807) is 31.3 Å². The van der Waals surface area contributed by atoms with Crippen LogP contribution in [0.3, 0.4) is 0 Å². The van der Waals surface area contributed by atoms with Gasteiger partial charge in [0.15, 0.2) is 5.88 Å². The van der Waals surface area contributed by atoms with Crippen LogP contribution in [0.1, 0.15) is 21.5 Å². The summed E-state index contributed by atoms with van der Waals surface area (Å²) in [7, 11) is -1.43. The second-order valence-electron chi connectivity index (χ2n) is 5.86. The van der Waals surface area contributed by atoms with Crippen molar-refractivity contribution < 1.29 is 18.1 Å². The topological polar surface area (TPSA) is 43.3 Å². The minimum absolute atomic E-state index is 0.0982. The summed E-state index contributed by atoms with van der Waals surface area (Å²) in [4.78, 5) is 12.9. The van der Waals surface area contributed by atoms with Gasteiger partial charge in [-0.05, 0) is 31.0 Å². The number of carbonyl (C=O) groups is 1. The zero-order valence-electron chi connectivity index (χ0n) is 14.1. The molecule has 0 aliphatic rings. The lowest BCUT2D eigenvalue weighted by Gasteiger charge is -2.12. The van der Waals surface area contributed by atoms with Gasteiger partial charge in [0.2, 0.25) is 0 Å². The molecule has 3 aromatic rings. The van der Waals surface area contributed by atoms with E-state index in [2.05, 4.69) is 9.97 Å². The van der Waals surface area contributed by atoms with E-state index < -0.39 is 13.4 Å². The van der Waals surface area contributed by atoms with E-state index in [-0.39, 0.29) is 11.4 Å². The first-order chi connectivity index (χ1) is 11.9. The largest absolute Gasteiger partial charge is 0.797 e. The Bertz CT molecular complexity index is 933. The van der Waals surface area contributed by atoms with E-state index in [9.17, 15) is 13.4 Å². The predicted octanol–water partition coefficient (Wildman–Crippen LogP) is 4.35. The summed E-state index contributed by atoms with van der Waals surface area (Å²) in [6.45, 7) is 3.75. The van der Waals surface area contributed by atoms with E-state index in [4.69, 9.17) is 0 Å². The van der Waals surface area contributed by atoms with Crippen molar-refractivity contribution in [2.45, 2.75) is 13.8 Å². The van der Waals surface area contributed by atoms with Gasteiger partial charge in [0.25, 0.3) is 5.91 Å². The average Bonchev–Trinajstić information content (AvgIpc) is 2.83. The molecule has 1 N–H and O–H groups in total. The van der Waals surface area contributed by atoms with Crippen molar-refractivity contribution in [3.8, 4) is 5.88 Å². The van der Waals surface area contributed by atoms with Crippen LogP contribution in [0.25, 0.3) is 10.9 Å². The van der Waals surface area contributed by atoms with Crippen molar-refractivity contribution in [1.82, 2.24) is 4.57 Å². The molecule has 128 valence electrons. The lowest BCUT2D eigenvalue weighted by molar-refractivity contribution is 0.102. The summed E-state index contributed by atoms with van der Waals surface area (Å²) in [6, 6.07) is 12.6. The SMILES string of the molecule is Cc1cccc(C)c1NC(=O)c1c(OB(F)F)n(C)c2ccccc12. The number of anilines is 1. The quantitative estimate of drug-likeness (QED) is 0.717. The van der Waals surface area contributed by atoms with Crippen LogP contribution in [0.5, 0.6) is 5.88 Å². The fourth-order valence-electron chi connectivity index (χ4n) is 3.00. The zero-order valence-corrected chi connectivity index (χ0v) is 14.1. The van der Waals surface area contributed by atoms with Crippen LogP contribution in [-0.4, -0.2) is 17.9 Å². The van der Waals surface area contributed by atoms with Crippen LogP contribution in [0.2, 0.25) is 0 Å². The molecular formula is C18H17BF2N2O2. The van der Waals surface area contributed by atoms with E-state index >= 15 is 0 Å². The van der Waals surface area contributed by atoms with Crippen LogP contribution >= 0.6 is 0 Å². The lowest BCUT2D eigenvalue weighted by atomic mass is 10.1. The van der Waals surface area contributed by atoms with E-state index in [0.717, 1.165) is 11.1 Å². The minimum atomic E-state index is -3.02. The van der Waals surface area contributed by atoms with Gasteiger partial charge in [-0.3, -0.25) is 4.79 Å². The third-order valence-corrected chi connectivity index (χ3v) is 4.20. The number of fused-ring (bicyclic) bond motifs is 1. The molecule has 0 aliphatic carbocycles. The molecule has 3 rings (SSSR count). The highest BCUT2D eigenvalue weighted by molar-refractivity contribution is 6.36. The highest BCUT2D eigenvalue weighted by Crippen LogP contribution is 2.33. The van der Waals surface area contributed by atoms with Gasteiger partial charge >= 0.3 is 7.47 Å². The number of amides is 1. The van der Waals surface area contributed by atoms with E-state index in [1.807, 2.05) is 32.0 Å². The Hall–Kier alpha value is -2.83. The molecule has 4 nitrogen and oxygen atoms in total. The fraction of sp³-hybridized carbons (Fsp3) is 0.167. The molecule has 2 aromatic carbocycles. The average molecular weight is 342 g/mol. The first kappa shape index (κ1) is 17.0. The number of halogens is 2. The Morgan fingerprint density at radius 3 is 2.36 bits per heavy atom. The molecule has 0 spiro atoms. The highest BCUT2D eigenvalue weighted by Gasteiger charge is 2.28. The van der Waals surface area contributed by atoms with Crippen LogP contribution in [0.4, 0.5) is 14.3 Å². The van der Waals surface area contributed by atoms with Gasteiger partial charge in [0.1, 0.15) is 5.56 Å². The third-order valence-electron chi connectivity index (χ3n) is 4.20. The Morgan fingerprint density at radius 2 is 1.72 bits per heavy atom. The number of benzene rings is 2. The molecule has 25 heavy (non-hydrogen) atoms. The summed E-state index contributed by atoms with van der Waals surface area (Å²) in [5, 5.41) is 3.40. The first-order valence-corrected chi connectivity index (χ1v) is 7.80. The fourth-order valence-corrected chi connectivity index (χ4v) is 3.00. The van der Waals surface area contributed by atoms with Crippen molar-refractivity contribution in [2.75, 3.05) is 5.32 Å². The molecule has 0 bridgehead atoms. The zero-order chi connectivity index (χ0) is 18.1. The van der Waals surface area contributed by atoms with Crippen LogP contribution in [0.15, 0.2) is 42.5 Å². The molecule has 0 fully saturated rings. The number of aryl methyl sites for hydroxylation is 3. The van der Waals surface area contributed by atoms with Gasteiger partial charge in [-0.1, -0.05) is 36.4 Å². The maximum absolute atomic E-state index is 12.9. The van der Waals surface area contributed by atoms with Gasteiger partial charge in [-0.15, -0.1) is 0 Å². The van der Waals surface area contributed by atoms with Crippen LogP contribution in [-0.2, 0) is 7.05 Å². The molecule has 0 atom stereocenters. The van der Waals surface area contributed by atoms with E-state index in [0.29, 0.717) is 16.6 Å². The number of nitrogens with one attached hydrogen (secondary N) is 1. The molecule has 0 unspecified atom stereocenters. The smallest absolute Gasteiger partial charge is 0.491 e. The van der Waals surface area contributed by atoms with Crippen LogP contribution in [0, 0.1) is 13.8 Å². The number of rotatable bonds is 4. The first-order valence-electron chi connectivity index (χ1n) is 7.80. The van der Waals surface area contributed by atoms with Crippen molar-refractivity contribution in [2.24, 2.45) is 7.05 Å². The Kier molecular flexibility index (Phi) is 4.48. The monoisotopic (exact) mass is 342 g/mol. The second-order valence-corrected chi connectivity index (χ2v) is 5.86. The molecule has 0 radical (unpaired) electrons. The molecule has 1 aromatic heterocycles. The number of carbonyl (C=O) groups excluding carboxylic acids is 1. The Morgan fingerprint density at radius 1 is 1.08 bits per heavy atom. The Labute approximate surface area is 144 Å². The summed E-state index contributed by atoms with van der Waals surface area (Å²) >= 11 is 0. The molecule has 1 amide bonds. The van der Waals surface area contributed by atoms with Crippen molar-refractivity contribution in [3.05, 3.63) is 59.2 Å². The number of para-hydroxylation sites is 2.